The third-order valence-corrected chi connectivity index (χ3v) is 3.64. The van der Waals surface area contributed by atoms with Crippen LogP contribution in [0.5, 0.6) is 0 Å². The number of rotatable bonds is 5. The lowest BCUT2D eigenvalue weighted by molar-refractivity contribution is 0.604. The molecule has 0 aliphatic rings. The molecular formula is C7H11N3O2S2. The Labute approximate surface area is 86.9 Å². The highest BCUT2D eigenvalue weighted by Gasteiger charge is 2.11. The van der Waals surface area contributed by atoms with Gasteiger partial charge in [-0.25, -0.2) is 8.42 Å². The fraction of sp³-hybridized carbons (Fsp3) is 0.429. The summed E-state index contributed by atoms with van der Waals surface area (Å²) in [6.45, 7) is 5.29. The lowest BCUT2D eigenvalue weighted by atomic mass is 10.5. The molecule has 1 heterocycles. The topological polar surface area (TPSA) is 72.0 Å². The molecule has 0 aliphatic heterocycles. The first-order valence-corrected chi connectivity index (χ1v) is 6.48. The molecule has 0 aromatic carbocycles. The van der Waals surface area contributed by atoms with Crippen LogP contribution in [0.25, 0.3) is 0 Å². The van der Waals surface area contributed by atoms with Gasteiger partial charge in [0.15, 0.2) is 0 Å². The molecule has 1 aromatic rings. The highest BCUT2D eigenvalue weighted by atomic mass is 32.2. The summed E-state index contributed by atoms with van der Waals surface area (Å²) in [5.41, 5.74) is 0. The molecule has 1 rings (SSSR count). The number of hydrogen-bond donors (Lipinski definition) is 1. The van der Waals surface area contributed by atoms with Gasteiger partial charge in [0.25, 0.3) is 0 Å². The highest BCUT2D eigenvalue weighted by Crippen LogP contribution is 2.16. The minimum Gasteiger partial charge on any atom is -0.257 e. The van der Waals surface area contributed by atoms with E-state index in [4.69, 9.17) is 0 Å². The Morgan fingerprint density at radius 2 is 2.29 bits per heavy atom. The Hall–Kier alpha value is -0.950. The maximum Gasteiger partial charge on any atom is 0.238 e. The Morgan fingerprint density at radius 1 is 1.57 bits per heavy atom. The lowest BCUT2D eigenvalue weighted by Gasteiger charge is -1.99. The van der Waals surface area contributed by atoms with Crippen LogP contribution >= 0.6 is 11.3 Å². The van der Waals surface area contributed by atoms with Crippen LogP contribution in [-0.2, 0) is 16.4 Å². The number of hydrogen-bond acceptors (Lipinski definition) is 5. The monoisotopic (exact) mass is 233 g/mol. The summed E-state index contributed by atoms with van der Waals surface area (Å²) < 4.78 is 24.8. The number of aryl methyl sites for hydroxylation is 1. The Bertz CT molecular complexity index is 410. The highest BCUT2D eigenvalue weighted by molar-refractivity contribution is 7.93. The van der Waals surface area contributed by atoms with Crippen LogP contribution in [-0.4, -0.2) is 24.4 Å². The molecule has 0 aliphatic carbocycles. The van der Waals surface area contributed by atoms with Crippen LogP contribution < -0.4 is 4.72 Å². The lowest BCUT2D eigenvalue weighted by Crippen LogP contribution is -2.14. The van der Waals surface area contributed by atoms with Crippen molar-refractivity contribution < 1.29 is 8.42 Å². The molecular weight excluding hydrogens is 222 g/mol. The summed E-state index contributed by atoms with van der Waals surface area (Å²) in [6.07, 6.45) is 2.07. The van der Waals surface area contributed by atoms with Crippen LogP contribution in [0.15, 0.2) is 12.7 Å². The van der Waals surface area contributed by atoms with Crippen molar-refractivity contribution in [3.63, 3.8) is 0 Å². The largest absolute Gasteiger partial charge is 0.257 e. The van der Waals surface area contributed by atoms with E-state index < -0.39 is 10.0 Å². The molecule has 1 aromatic heterocycles. The van der Waals surface area contributed by atoms with Gasteiger partial charge in [0.05, 0.1) is 5.75 Å². The van der Waals surface area contributed by atoms with E-state index >= 15 is 0 Å². The van der Waals surface area contributed by atoms with E-state index in [-0.39, 0.29) is 5.75 Å². The van der Waals surface area contributed by atoms with Crippen LogP contribution in [0.1, 0.15) is 11.9 Å². The minimum absolute atomic E-state index is 0.117. The quantitative estimate of drug-likeness (QED) is 0.771. The SMILES string of the molecule is C=CCS(=O)(=O)Nc1nnc(CC)s1. The van der Waals surface area contributed by atoms with Gasteiger partial charge >= 0.3 is 0 Å². The normalized spacial score (nSPS) is 11.2. The summed E-state index contributed by atoms with van der Waals surface area (Å²) in [7, 11) is -3.34. The van der Waals surface area contributed by atoms with Gasteiger partial charge in [-0.3, -0.25) is 4.72 Å². The Morgan fingerprint density at radius 3 is 2.79 bits per heavy atom. The first-order valence-electron chi connectivity index (χ1n) is 4.01. The van der Waals surface area contributed by atoms with Crippen molar-refractivity contribution in [1.82, 2.24) is 10.2 Å². The number of nitrogens with zero attached hydrogens (tertiary/aromatic N) is 2. The van der Waals surface area contributed by atoms with Crippen molar-refractivity contribution in [3.05, 3.63) is 17.7 Å². The standard InChI is InChI=1S/C7H11N3O2S2/c1-3-5-14(11,12)10-7-9-8-6(4-2)13-7/h3H,1,4-5H2,2H3,(H,9,10). The second-order valence-corrected chi connectivity index (χ2v) is 5.36. The molecule has 0 amide bonds. The molecule has 0 spiro atoms. The predicted octanol–water partition coefficient (Wildman–Crippen LogP) is 1.03. The van der Waals surface area contributed by atoms with E-state index in [1.54, 1.807) is 0 Å². The van der Waals surface area contributed by atoms with Gasteiger partial charge in [0.1, 0.15) is 5.01 Å². The second-order valence-electron chi connectivity index (χ2n) is 2.53. The van der Waals surface area contributed by atoms with E-state index in [9.17, 15) is 8.42 Å². The van der Waals surface area contributed by atoms with Crippen molar-refractivity contribution >= 4 is 26.5 Å². The smallest absolute Gasteiger partial charge is 0.238 e. The van der Waals surface area contributed by atoms with E-state index in [0.29, 0.717) is 5.13 Å². The zero-order chi connectivity index (χ0) is 10.6. The molecule has 5 nitrogen and oxygen atoms in total. The second kappa shape index (κ2) is 4.52. The van der Waals surface area contributed by atoms with Gasteiger partial charge in [-0.15, -0.1) is 16.8 Å². The Kier molecular flexibility index (Phi) is 3.59. The van der Waals surface area contributed by atoms with E-state index in [1.807, 2.05) is 6.92 Å². The van der Waals surface area contributed by atoms with Crippen molar-refractivity contribution in [3.8, 4) is 0 Å². The molecule has 0 radical (unpaired) electrons. The van der Waals surface area contributed by atoms with Gasteiger partial charge in [-0.05, 0) is 6.42 Å². The van der Waals surface area contributed by atoms with Gasteiger partial charge in [-0.2, -0.15) is 0 Å². The van der Waals surface area contributed by atoms with E-state index in [2.05, 4.69) is 21.5 Å². The number of anilines is 1. The average molecular weight is 233 g/mol. The van der Waals surface area contributed by atoms with Gasteiger partial charge < -0.3 is 0 Å². The van der Waals surface area contributed by atoms with E-state index in [0.717, 1.165) is 11.4 Å². The molecule has 0 saturated carbocycles. The molecule has 0 bridgehead atoms. The zero-order valence-corrected chi connectivity index (χ0v) is 9.36. The third kappa shape index (κ3) is 3.08. The van der Waals surface area contributed by atoms with Crippen molar-refractivity contribution in [2.24, 2.45) is 0 Å². The first kappa shape index (κ1) is 11.1. The van der Waals surface area contributed by atoms with Crippen LogP contribution in [0.3, 0.4) is 0 Å². The fourth-order valence-electron chi connectivity index (χ4n) is 0.768. The van der Waals surface area contributed by atoms with Crippen LogP contribution in [0, 0.1) is 0 Å². The van der Waals surface area contributed by atoms with Crippen molar-refractivity contribution in [2.45, 2.75) is 13.3 Å². The molecule has 0 saturated heterocycles. The molecule has 0 unspecified atom stereocenters. The predicted molar refractivity (Wildman–Crippen MR) is 56.9 cm³/mol. The van der Waals surface area contributed by atoms with Crippen LogP contribution in [0.2, 0.25) is 0 Å². The number of sulfonamides is 1. The minimum atomic E-state index is -3.34. The first-order chi connectivity index (χ1) is 6.57. The van der Waals surface area contributed by atoms with Crippen molar-refractivity contribution in [2.75, 3.05) is 10.5 Å². The molecule has 0 fully saturated rings. The summed E-state index contributed by atoms with van der Waals surface area (Å²) in [5, 5.41) is 8.61. The molecule has 14 heavy (non-hydrogen) atoms. The molecule has 1 N–H and O–H groups in total. The van der Waals surface area contributed by atoms with E-state index in [1.165, 1.54) is 17.4 Å². The van der Waals surface area contributed by atoms with Gasteiger partial charge in [-0.1, -0.05) is 24.3 Å². The number of aromatic nitrogens is 2. The maximum atomic E-state index is 11.3. The molecule has 78 valence electrons. The summed E-state index contributed by atoms with van der Waals surface area (Å²) in [5.74, 6) is -0.117. The Balaban J connectivity index is 2.73. The third-order valence-electron chi connectivity index (χ3n) is 1.35. The van der Waals surface area contributed by atoms with Gasteiger partial charge in [0.2, 0.25) is 15.2 Å². The molecule has 0 atom stereocenters. The summed E-state index contributed by atoms with van der Waals surface area (Å²) in [6, 6.07) is 0. The van der Waals surface area contributed by atoms with Gasteiger partial charge in [0, 0.05) is 0 Å². The fourth-order valence-corrected chi connectivity index (χ4v) is 2.55. The maximum absolute atomic E-state index is 11.3. The molecule has 7 heteroatoms. The van der Waals surface area contributed by atoms with Crippen molar-refractivity contribution in [1.29, 1.82) is 0 Å². The summed E-state index contributed by atoms with van der Waals surface area (Å²) in [4.78, 5) is 0. The average Bonchev–Trinajstić information content (AvgIpc) is 2.51. The summed E-state index contributed by atoms with van der Waals surface area (Å²) >= 11 is 1.24. The van der Waals surface area contributed by atoms with Crippen LogP contribution in [0.4, 0.5) is 5.13 Å². The zero-order valence-electron chi connectivity index (χ0n) is 7.73. The number of nitrogens with one attached hydrogen (secondary N) is 1.